The first-order valence-corrected chi connectivity index (χ1v) is 7.68. The standard InChI is InChI=1S/C14H24N4O2/c1-2-13-15-14(17-16-13)12-9-18(6-8-20-12)5-7-19-10-11-3-4-11/h11-12H,2-10H2,1H3,(H,15,16,17)/t12-/m0/s1. The van der Waals surface area contributed by atoms with E-state index in [2.05, 4.69) is 27.0 Å². The van der Waals surface area contributed by atoms with E-state index in [0.717, 1.165) is 63.4 Å². The van der Waals surface area contributed by atoms with Crippen LogP contribution in [0.15, 0.2) is 0 Å². The van der Waals surface area contributed by atoms with Crippen molar-refractivity contribution >= 4 is 0 Å². The minimum absolute atomic E-state index is 0.0104. The summed E-state index contributed by atoms with van der Waals surface area (Å²) in [4.78, 5) is 6.84. The lowest BCUT2D eigenvalue weighted by Crippen LogP contribution is -2.40. The summed E-state index contributed by atoms with van der Waals surface area (Å²) >= 11 is 0. The molecule has 0 bridgehead atoms. The van der Waals surface area contributed by atoms with Crippen molar-refractivity contribution in [3.05, 3.63) is 11.6 Å². The summed E-state index contributed by atoms with van der Waals surface area (Å²) in [5.74, 6) is 2.55. The number of hydrogen-bond acceptors (Lipinski definition) is 5. The van der Waals surface area contributed by atoms with Crippen LogP contribution < -0.4 is 0 Å². The normalized spacial score (nSPS) is 24.1. The predicted octanol–water partition coefficient (Wildman–Crippen LogP) is 1.17. The molecule has 1 aromatic rings. The third kappa shape index (κ3) is 3.77. The number of aryl methyl sites for hydroxylation is 1. The minimum Gasteiger partial charge on any atom is -0.380 e. The molecule has 2 aliphatic rings. The summed E-state index contributed by atoms with van der Waals surface area (Å²) in [6, 6.07) is 0. The fourth-order valence-electron chi connectivity index (χ4n) is 2.40. The maximum Gasteiger partial charge on any atom is 0.180 e. The third-order valence-electron chi connectivity index (χ3n) is 3.92. The van der Waals surface area contributed by atoms with Crippen LogP contribution in [0.5, 0.6) is 0 Å². The van der Waals surface area contributed by atoms with Gasteiger partial charge >= 0.3 is 0 Å². The fourth-order valence-corrected chi connectivity index (χ4v) is 2.40. The molecule has 0 radical (unpaired) electrons. The van der Waals surface area contributed by atoms with E-state index < -0.39 is 0 Å². The first kappa shape index (κ1) is 14.0. The van der Waals surface area contributed by atoms with Crippen molar-refractivity contribution in [2.45, 2.75) is 32.3 Å². The highest BCUT2D eigenvalue weighted by Gasteiger charge is 2.25. The van der Waals surface area contributed by atoms with Gasteiger partial charge in [0, 0.05) is 32.7 Å². The maximum atomic E-state index is 5.78. The fraction of sp³-hybridized carbons (Fsp3) is 0.857. The zero-order valence-electron chi connectivity index (χ0n) is 12.2. The van der Waals surface area contributed by atoms with E-state index in [1.807, 2.05) is 0 Å². The van der Waals surface area contributed by atoms with Crippen molar-refractivity contribution < 1.29 is 9.47 Å². The largest absolute Gasteiger partial charge is 0.380 e. The Morgan fingerprint density at radius 2 is 2.35 bits per heavy atom. The lowest BCUT2D eigenvalue weighted by Gasteiger charge is -2.31. The van der Waals surface area contributed by atoms with Gasteiger partial charge in [-0.3, -0.25) is 10.00 Å². The second-order valence-corrected chi connectivity index (χ2v) is 5.67. The number of aromatic amines is 1. The number of nitrogens with zero attached hydrogens (tertiary/aromatic N) is 3. The van der Waals surface area contributed by atoms with E-state index in [0.29, 0.717) is 0 Å². The Balaban J connectivity index is 1.43. The summed E-state index contributed by atoms with van der Waals surface area (Å²) in [6.45, 7) is 7.35. The molecule has 1 aromatic heterocycles. The van der Waals surface area contributed by atoms with Gasteiger partial charge in [0.2, 0.25) is 0 Å². The monoisotopic (exact) mass is 280 g/mol. The van der Waals surface area contributed by atoms with Crippen LogP contribution in [0, 0.1) is 5.92 Å². The first-order valence-electron chi connectivity index (χ1n) is 7.68. The van der Waals surface area contributed by atoms with Crippen LogP contribution in [0.2, 0.25) is 0 Å². The van der Waals surface area contributed by atoms with Crippen LogP contribution in [0.25, 0.3) is 0 Å². The van der Waals surface area contributed by atoms with Gasteiger partial charge in [0.15, 0.2) is 5.82 Å². The number of rotatable bonds is 7. The van der Waals surface area contributed by atoms with Crippen molar-refractivity contribution in [2.75, 3.05) is 39.5 Å². The van der Waals surface area contributed by atoms with Crippen LogP contribution >= 0.6 is 0 Å². The zero-order valence-corrected chi connectivity index (χ0v) is 12.2. The Labute approximate surface area is 119 Å². The molecular formula is C14H24N4O2. The van der Waals surface area contributed by atoms with Gasteiger partial charge in [-0.25, -0.2) is 4.98 Å². The molecule has 112 valence electrons. The molecule has 0 unspecified atom stereocenters. The summed E-state index contributed by atoms with van der Waals surface area (Å²) in [5.41, 5.74) is 0. The molecule has 3 rings (SSSR count). The van der Waals surface area contributed by atoms with Gasteiger partial charge in [-0.15, -0.1) is 0 Å². The van der Waals surface area contributed by atoms with Gasteiger partial charge in [0.05, 0.1) is 13.2 Å². The van der Waals surface area contributed by atoms with E-state index in [4.69, 9.17) is 9.47 Å². The molecule has 0 aromatic carbocycles. The number of H-pyrrole nitrogens is 1. The highest BCUT2D eigenvalue weighted by molar-refractivity contribution is 4.96. The maximum absolute atomic E-state index is 5.78. The lowest BCUT2D eigenvalue weighted by atomic mass is 10.2. The van der Waals surface area contributed by atoms with Crippen molar-refractivity contribution in [2.24, 2.45) is 5.92 Å². The van der Waals surface area contributed by atoms with Gasteiger partial charge < -0.3 is 9.47 Å². The Hall–Kier alpha value is -0.980. The van der Waals surface area contributed by atoms with E-state index in [9.17, 15) is 0 Å². The van der Waals surface area contributed by atoms with Gasteiger partial charge in [-0.05, 0) is 18.8 Å². The van der Waals surface area contributed by atoms with E-state index in [1.165, 1.54) is 12.8 Å². The van der Waals surface area contributed by atoms with E-state index >= 15 is 0 Å². The smallest absolute Gasteiger partial charge is 0.180 e. The molecule has 1 aliphatic heterocycles. The molecule has 0 spiro atoms. The Kier molecular flexibility index (Phi) is 4.65. The molecule has 6 heteroatoms. The molecule has 20 heavy (non-hydrogen) atoms. The molecule has 1 atom stereocenters. The van der Waals surface area contributed by atoms with Gasteiger partial charge in [0.1, 0.15) is 11.9 Å². The molecule has 1 saturated carbocycles. The minimum atomic E-state index is -0.0104. The average Bonchev–Trinajstić information content (AvgIpc) is 3.18. The SMILES string of the molecule is CCc1nc([C@@H]2CN(CCOCC3CC3)CCO2)n[nH]1. The van der Waals surface area contributed by atoms with Crippen molar-refractivity contribution in [1.29, 1.82) is 0 Å². The molecule has 6 nitrogen and oxygen atoms in total. The average molecular weight is 280 g/mol. The molecule has 1 saturated heterocycles. The first-order chi connectivity index (χ1) is 9.85. The van der Waals surface area contributed by atoms with Crippen molar-refractivity contribution in [3.63, 3.8) is 0 Å². The summed E-state index contributed by atoms with van der Waals surface area (Å²) in [6.07, 6.45) is 3.57. The van der Waals surface area contributed by atoms with Gasteiger partial charge in [0.25, 0.3) is 0 Å². The van der Waals surface area contributed by atoms with Crippen LogP contribution in [0.1, 0.15) is 37.5 Å². The second kappa shape index (κ2) is 6.65. The molecule has 1 aliphatic carbocycles. The molecule has 2 fully saturated rings. The number of hydrogen-bond donors (Lipinski definition) is 1. The summed E-state index contributed by atoms with van der Waals surface area (Å²) in [7, 11) is 0. The number of ether oxygens (including phenoxy) is 2. The molecule has 1 N–H and O–H groups in total. The lowest BCUT2D eigenvalue weighted by molar-refractivity contribution is -0.0419. The van der Waals surface area contributed by atoms with Crippen LogP contribution in [0.3, 0.4) is 0 Å². The molecular weight excluding hydrogens is 256 g/mol. The third-order valence-corrected chi connectivity index (χ3v) is 3.92. The number of morpholine rings is 1. The highest BCUT2D eigenvalue weighted by Crippen LogP contribution is 2.28. The summed E-state index contributed by atoms with van der Waals surface area (Å²) < 4.78 is 11.5. The molecule has 0 amide bonds. The van der Waals surface area contributed by atoms with E-state index in [-0.39, 0.29) is 6.10 Å². The quantitative estimate of drug-likeness (QED) is 0.760. The number of nitrogens with one attached hydrogen (secondary N) is 1. The zero-order chi connectivity index (χ0) is 13.8. The Morgan fingerprint density at radius 1 is 1.45 bits per heavy atom. The van der Waals surface area contributed by atoms with Crippen LogP contribution in [-0.4, -0.2) is 59.5 Å². The topological polar surface area (TPSA) is 63.3 Å². The highest BCUT2D eigenvalue weighted by atomic mass is 16.5. The number of aromatic nitrogens is 3. The van der Waals surface area contributed by atoms with E-state index in [1.54, 1.807) is 0 Å². The van der Waals surface area contributed by atoms with Crippen LogP contribution in [-0.2, 0) is 15.9 Å². The predicted molar refractivity (Wildman–Crippen MR) is 74.4 cm³/mol. The molecule has 2 heterocycles. The van der Waals surface area contributed by atoms with Gasteiger partial charge in [-0.1, -0.05) is 6.92 Å². The van der Waals surface area contributed by atoms with Crippen molar-refractivity contribution in [1.82, 2.24) is 20.1 Å². The van der Waals surface area contributed by atoms with Gasteiger partial charge in [-0.2, -0.15) is 5.10 Å². The Bertz CT molecular complexity index is 419. The summed E-state index contributed by atoms with van der Waals surface area (Å²) in [5, 5.41) is 7.21. The van der Waals surface area contributed by atoms with Crippen LogP contribution in [0.4, 0.5) is 0 Å². The second-order valence-electron chi connectivity index (χ2n) is 5.67. The van der Waals surface area contributed by atoms with Crippen molar-refractivity contribution in [3.8, 4) is 0 Å². The Morgan fingerprint density at radius 3 is 3.10 bits per heavy atom.